The lowest BCUT2D eigenvalue weighted by Gasteiger charge is -2.50. The van der Waals surface area contributed by atoms with Crippen molar-refractivity contribution in [3.8, 4) is 0 Å². The highest BCUT2D eigenvalue weighted by molar-refractivity contribution is 5.79. The van der Waals surface area contributed by atoms with Crippen molar-refractivity contribution >= 4 is 5.96 Å². The molecule has 2 N–H and O–H groups in total. The number of piperidine rings is 2. The van der Waals surface area contributed by atoms with E-state index in [0.29, 0.717) is 5.54 Å². The maximum atomic E-state index is 4.51. The lowest BCUT2D eigenvalue weighted by atomic mass is 9.84. The van der Waals surface area contributed by atoms with Crippen molar-refractivity contribution in [2.24, 2.45) is 10.9 Å². The van der Waals surface area contributed by atoms with E-state index < -0.39 is 0 Å². The van der Waals surface area contributed by atoms with Crippen LogP contribution in [0.3, 0.4) is 0 Å². The highest BCUT2D eigenvalue weighted by Crippen LogP contribution is 2.31. The van der Waals surface area contributed by atoms with Gasteiger partial charge in [0.25, 0.3) is 0 Å². The van der Waals surface area contributed by atoms with Gasteiger partial charge in [0.2, 0.25) is 0 Å². The Hall–Kier alpha value is -0.810. The molecule has 3 rings (SSSR count). The summed E-state index contributed by atoms with van der Waals surface area (Å²) in [6, 6.07) is 0. The van der Waals surface area contributed by atoms with Crippen LogP contribution in [0, 0.1) is 5.92 Å². The zero-order valence-corrected chi connectivity index (χ0v) is 17.2. The molecular formula is C21H41N5. The van der Waals surface area contributed by atoms with Crippen molar-refractivity contribution in [2.45, 2.75) is 69.7 Å². The highest BCUT2D eigenvalue weighted by Gasteiger charge is 2.39. The minimum atomic E-state index is 0.315. The van der Waals surface area contributed by atoms with Crippen LogP contribution in [0.15, 0.2) is 4.99 Å². The number of likely N-dealkylation sites (tertiary alicyclic amines) is 2. The van der Waals surface area contributed by atoms with E-state index >= 15 is 0 Å². The second-order valence-corrected chi connectivity index (χ2v) is 8.89. The van der Waals surface area contributed by atoms with Crippen LogP contribution in [0.2, 0.25) is 0 Å². The third-order valence-corrected chi connectivity index (χ3v) is 7.04. The molecule has 0 radical (unpaired) electrons. The van der Waals surface area contributed by atoms with E-state index in [1.54, 1.807) is 0 Å². The molecule has 2 aliphatic heterocycles. The van der Waals surface area contributed by atoms with Crippen molar-refractivity contribution in [1.82, 2.24) is 20.4 Å². The molecule has 26 heavy (non-hydrogen) atoms. The molecule has 0 unspecified atom stereocenters. The molecule has 3 aliphatic rings. The Kier molecular flexibility index (Phi) is 7.62. The summed E-state index contributed by atoms with van der Waals surface area (Å²) in [6.07, 6.45) is 13.7. The zero-order valence-electron chi connectivity index (χ0n) is 17.2. The lowest BCUT2D eigenvalue weighted by molar-refractivity contribution is 0.0173. The molecule has 0 aromatic carbocycles. The Balaban J connectivity index is 1.53. The maximum absolute atomic E-state index is 4.51. The number of nitrogens with zero attached hydrogens (tertiary/aromatic N) is 3. The number of aliphatic imine (C=N–C) groups is 1. The fourth-order valence-corrected chi connectivity index (χ4v) is 5.11. The number of hydrogen-bond acceptors (Lipinski definition) is 3. The Morgan fingerprint density at radius 2 is 1.58 bits per heavy atom. The van der Waals surface area contributed by atoms with E-state index in [1.165, 1.54) is 90.4 Å². The minimum Gasteiger partial charge on any atom is -0.356 e. The molecular weight excluding hydrogens is 322 g/mol. The van der Waals surface area contributed by atoms with Gasteiger partial charge in [0.1, 0.15) is 0 Å². The van der Waals surface area contributed by atoms with Crippen LogP contribution in [0.5, 0.6) is 0 Å². The summed E-state index contributed by atoms with van der Waals surface area (Å²) < 4.78 is 0. The average molecular weight is 364 g/mol. The van der Waals surface area contributed by atoms with Gasteiger partial charge in [-0.2, -0.15) is 0 Å². The number of rotatable bonds is 5. The minimum absolute atomic E-state index is 0.315. The van der Waals surface area contributed by atoms with E-state index in [9.17, 15) is 0 Å². The van der Waals surface area contributed by atoms with Gasteiger partial charge in [-0.3, -0.25) is 9.89 Å². The van der Waals surface area contributed by atoms with Gasteiger partial charge in [0.05, 0.1) is 0 Å². The Morgan fingerprint density at radius 1 is 0.923 bits per heavy atom. The van der Waals surface area contributed by atoms with Gasteiger partial charge >= 0.3 is 0 Å². The average Bonchev–Trinajstić information content (AvgIpc) is 2.71. The summed E-state index contributed by atoms with van der Waals surface area (Å²) in [6.45, 7) is 7.10. The van der Waals surface area contributed by atoms with Crippen molar-refractivity contribution in [1.29, 1.82) is 0 Å². The van der Waals surface area contributed by atoms with E-state index in [2.05, 4.69) is 32.5 Å². The van der Waals surface area contributed by atoms with Gasteiger partial charge < -0.3 is 15.5 Å². The molecule has 0 spiro atoms. The fourth-order valence-electron chi connectivity index (χ4n) is 5.11. The van der Waals surface area contributed by atoms with Crippen LogP contribution in [0.1, 0.15) is 64.2 Å². The van der Waals surface area contributed by atoms with Crippen molar-refractivity contribution < 1.29 is 0 Å². The predicted molar refractivity (Wildman–Crippen MR) is 111 cm³/mol. The first kappa shape index (κ1) is 19.9. The van der Waals surface area contributed by atoms with Crippen molar-refractivity contribution in [2.75, 3.05) is 53.4 Å². The third kappa shape index (κ3) is 5.35. The van der Waals surface area contributed by atoms with Crippen molar-refractivity contribution in [3.05, 3.63) is 0 Å². The molecule has 0 bridgehead atoms. The number of nitrogens with one attached hydrogen (secondary N) is 2. The molecule has 2 saturated heterocycles. The topological polar surface area (TPSA) is 42.9 Å². The van der Waals surface area contributed by atoms with Gasteiger partial charge in [0, 0.05) is 25.7 Å². The largest absolute Gasteiger partial charge is 0.356 e. The Bertz CT molecular complexity index is 430. The SMILES string of the molecule is CN=C(NCC1CCCCC1)NCC1(N2CCCCC2)CCN(C)CC1. The summed E-state index contributed by atoms with van der Waals surface area (Å²) in [5, 5.41) is 7.33. The van der Waals surface area contributed by atoms with E-state index in [0.717, 1.165) is 25.0 Å². The zero-order chi connectivity index (χ0) is 18.2. The van der Waals surface area contributed by atoms with Crippen molar-refractivity contribution in [3.63, 3.8) is 0 Å². The van der Waals surface area contributed by atoms with Gasteiger partial charge in [-0.05, 0) is 77.7 Å². The first-order chi connectivity index (χ1) is 12.7. The second kappa shape index (κ2) is 9.93. The molecule has 2 heterocycles. The molecule has 0 amide bonds. The summed E-state index contributed by atoms with van der Waals surface area (Å²) in [5.74, 6) is 1.84. The Morgan fingerprint density at radius 3 is 2.23 bits per heavy atom. The van der Waals surface area contributed by atoms with E-state index in [1.807, 2.05) is 7.05 Å². The van der Waals surface area contributed by atoms with Crippen LogP contribution < -0.4 is 10.6 Å². The molecule has 1 saturated carbocycles. The monoisotopic (exact) mass is 363 g/mol. The number of guanidine groups is 1. The first-order valence-electron chi connectivity index (χ1n) is 11.1. The molecule has 1 aliphatic carbocycles. The molecule has 5 heteroatoms. The standard InChI is InChI=1S/C21H41N5/c1-22-20(23-17-19-9-5-3-6-10-19)24-18-21(11-15-25(2)16-12-21)26-13-7-4-8-14-26/h19H,3-18H2,1-2H3,(H2,22,23,24). The van der Waals surface area contributed by atoms with Crippen LogP contribution >= 0.6 is 0 Å². The van der Waals surface area contributed by atoms with Crippen LogP contribution in [-0.4, -0.2) is 74.7 Å². The van der Waals surface area contributed by atoms with Gasteiger partial charge in [-0.25, -0.2) is 0 Å². The fraction of sp³-hybridized carbons (Fsp3) is 0.952. The Labute approximate surface area is 161 Å². The molecule has 0 atom stereocenters. The number of hydrogen-bond donors (Lipinski definition) is 2. The third-order valence-electron chi connectivity index (χ3n) is 7.04. The summed E-state index contributed by atoms with van der Waals surface area (Å²) in [7, 11) is 4.18. The first-order valence-corrected chi connectivity index (χ1v) is 11.1. The summed E-state index contributed by atoms with van der Waals surface area (Å²) >= 11 is 0. The quantitative estimate of drug-likeness (QED) is 0.582. The second-order valence-electron chi connectivity index (χ2n) is 8.89. The smallest absolute Gasteiger partial charge is 0.191 e. The molecule has 150 valence electrons. The molecule has 0 aromatic heterocycles. The molecule has 3 fully saturated rings. The highest BCUT2D eigenvalue weighted by atomic mass is 15.3. The van der Waals surface area contributed by atoms with Gasteiger partial charge in [-0.15, -0.1) is 0 Å². The maximum Gasteiger partial charge on any atom is 0.191 e. The summed E-state index contributed by atoms with van der Waals surface area (Å²) in [5.41, 5.74) is 0.315. The van der Waals surface area contributed by atoms with Crippen LogP contribution in [0.25, 0.3) is 0 Å². The predicted octanol–water partition coefficient (Wildman–Crippen LogP) is 2.68. The lowest BCUT2D eigenvalue weighted by Crippen LogP contribution is -2.62. The molecule has 0 aromatic rings. The van der Waals surface area contributed by atoms with Crippen LogP contribution in [0.4, 0.5) is 0 Å². The molecule has 5 nitrogen and oxygen atoms in total. The normalized spacial score (nSPS) is 26.6. The van der Waals surface area contributed by atoms with E-state index in [4.69, 9.17) is 0 Å². The summed E-state index contributed by atoms with van der Waals surface area (Å²) in [4.78, 5) is 9.79. The van der Waals surface area contributed by atoms with Crippen LogP contribution in [-0.2, 0) is 0 Å². The van der Waals surface area contributed by atoms with E-state index in [-0.39, 0.29) is 0 Å². The van der Waals surface area contributed by atoms with Gasteiger partial charge in [0.15, 0.2) is 5.96 Å². The van der Waals surface area contributed by atoms with Gasteiger partial charge in [-0.1, -0.05) is 25.7 Å².